The molecular formula is C3H6N2O2S2. The highest BCUT2D eigenvalue weighted by molar-refractivity contribution is 7.96. The lowest BCUT2D eigenvalue weighted by molar-refractivity contribution is 0.256. The van der Waals surface area contributed by atoms with Gasteiger partial charge in [0.25, 0.3) is 10.5 Å². The van der Waals surface area contributed by atoms with E-state index >= 15 is 0 Å². The molecule has 0 rings (SSSR count). The number of nitrogens with one attached hydrogen (secondary N) is 2. The molecule has 0 radical (unpaired) electrons. The Kier molecular flexibility index (Phi) is 4.33. The van der Waals surface area contributed by atoms with Crippen molar-refractivity contribution in [2.75, 3.05) is 6.67 Å². The van der Waals surface area contributed by atoms with E-state index in [0.29, 0.717) is 0 Å². The van der Waals surface area contributed by atoms with Crippen molar-refractivity contribution in [1.82, 2.24) is 10.6 Å². The van der Waals surface area contributed by atoms with E-state index in [0.717, 1.165) is 0 Å². The third-order valence-electron chi connectivity index (χ3n) is 0.479. The molecular weight excluding hydrogens is 160 g/mol. The van der Waals surface area contributed by atoms with Crippen molar-refractivity contribution in [3.05, 3.63) is 0 Å². The smallest absolute Gasteiger partial charge is 0.277 e. The van der Waals surface area contributed by atoms with Gasteiger partial charge >= 0.3 is 0 Å². The lowest BCUT2D eigenvalue weighted by Crippen LogP contribution is -2.31. The molecule has 0 fully saturated rings. The quantitative estimate of drug-likeness (QED) is 0.350. The Morgan fingerprint density at radius 2 is 1.44 bits per heavy atom. The summed E-state index contributed by atoms with van der Waals surface area (Å²) in [7, 11) is 0. The van der Waals surface area contributed by atoms with Crippen LogP contribution in [0.4, 0.5) is 9.59 Å². The molecule has 0 aliphatic carbocycles. The van der Waals surface area contributed by atoms with Crippen LogP contribution in [-0.4, -0.2) is 17.1 Å². The minimum Gasteiger partial charge on any atom is -0.330 e. The first kappa shape index (κ1) is 8.64. The average Bonchev–Trinajstić information content (AvgIpc) is 1.63. The molecule has 2 amide bonds. The summed E-state index contributed by atoms with van der Waals surface area (Å²) >= 11 is 6.75. The largest absolute Gasteiger partial charge is 0.330 e. The minimum atomic E-state index is -0.489. The Labute approximate surface area is 63.2 Å². The average molecular weight is 166 g/mol. The molecule has 0 atom stereocenters. The molecule has 0 spiro atoms. The Morgan fingerprint density at radius 3 is 1.67 bits per heavy atom. The molecule has 2 N–H and O–H groups in total. The van der Waals surface area contributed by atoms with Crippen LogP contribution in [0, 0.1) is 0 Å². The minimum absolute atomic E-state index is 0.0602. The fraction of sp³-hybridized carbons (Fsp3) is 0.333. The summed E-state index contributed by atoms with van der Waals surface area (Å²) in [6.45, 7) is 0.0602. The maximum absolute atomic E-state index is 10.0. The van der Waals surface area contributed by atoms with Crippen molar-refractivity contribution in [1.29, 1.82) is 0 Å². The molecule has 0 bridgehead atoms. The predicted octanol–water partition coefficient (Wildman–Crippen LogP) is 0.223. The van der Waals surface area contributed by atoms with Gasteiger partial charge in [-0.2, -0.15) is 0 Å². The van der Waals surface area contributed by atoms with E-state index in [2.05, 4.69) is 35.9 Å². The lowest BCUT2D eigenvalue weighted by atomic mass is 11.0. The summed E-state index contributed by atoms with van der Waals surface area (Å²) in [5.74, 6) is 0. The van der Waals surface area contributed by atoms with Gasteiger partial charge in [-0.1, -0.05) is 25.3 Å². The standard InChI is InChI=1S/C3H6N2O2S2/c6-2(8)4-1-5-3(7)9/h1H2,(H2,4,6,8)(H2,5,7,9). The number of hydrogen-bond acceptors (Lipinski definition) is 2. The number of amides is 2. The second-order valence-electron chi connectivity index (χ2n) is 1.14. The van der Waals surface area contributed by atoms with Crippen LogP contribution in [0.3, 0.4) is 0 Å². The molecule has 0 aromatic carbocycles. The van der Waals surface area contributed by atoms with Gasteiger partial charge in [0.15, 0.2) is 0 Å². The second kappa shape index (κ2) is 4.51. The summed E-state index contributed by atoms with van der Waals surface area (Å²) in [4.78, 5) is 20.0. The highest BCUT2D eigenvalue weighted by atomic mass is 32.1. The van der Waals surface area contributed by atoms with Crippen LogP contribution in [0.25, 0.3) is 0 Å². The SMILES string of the molecule is O=C(S)NCNC(=O)S. The maximum Gasteiger partial charge on any atom is 0.277 e. The molecule has 52 valence electrons. The van der Waals surface area contributed by atoms with Gasteiger partial charge in [0, 0.05) is 0 Å². The van der Waals surface area contributed by atoms with Gasteiger partial charge in [0.05, 0.1) is 6.67 Å². The zero-order valence-electron chi connectivity index (χ0n) is 4.42. The highest BCUT2D eigenvalue weighted by Crippen LogP contribution is 1.75. The Bertz CT molecular complexity index is 113. The van der Waals surface area contributed by atoms with Crippen molar-refractivity contribution in [2.45, 2.75) is 0 Å². The third-order valence-corrected chi connectivity index (χ3v) is 0.795. The Morgan fingerprint density at radius 1 is 1.11 bits per heavy atom. The number of carbonyl (C=O) groups excluding carboxylic acids is 2. The molecule has 0 unspecified atom stereocenters. The molecule has 0 aromatic heterocycles. The molecule has 0 aliphatic heterocycles. The first-order valence-electron chi connectivity index (χ1n) is 2.06. The van der Waals surface area contributed by atoms with Crippen molar-refractivity contribution in [3.8, 4) is 0 Å². The van der Waals surface area contributed by atoms with E-state index < -0.39 is 10.5 Å². The summed E-state index contributed by atoms with van der Waals surface area (Å²) < 4.78 is 0. The van der Waals surface area contributed by atoms with Gasteiger partial charge in [0.2, 0.25) is 0 Å². The molecule has 0 saturated carbocycles. The van der Waals surface area contributed by atoms with Crippen molar-refractivity contribution >= 4 is 35.7 Å². The Balaban J connectivity index is 3.10. The van der Waals surface area contributed by atoms with Gasteiger partial charge in [-0.05, 0) is 0 Å². The summed E-state index contributed by atoms with van der Waals surface area (Å²) in [5, 5.41) is 3.46. The summed E-state index contributed by atoms with van der Waals surface area (Å²) in [5.41, 5.74) is 0. The van der Waals surface area contributed by atoms with E-state index in [1.165, 1.54) is 0 Å². The van der Waals surface area contributed by atoms with Crippen LogP contribution in [-0.2, 0) is 0 Å². The first-order valence-corrected chi connectivity index (χ1v) is 2.96. The molecule has 0 aliphatic rings. The van der Waals surface area contributed by atoms with E-state index in [-0.39, 0.29) is 6.67 Å². The van der Waals surface area contributed by atoms with Crippen LogP contribution in [0.2, 0.25) is 0 Å². The summed E-state index contributed by atoms with van der Waals surface area (Å²) in [6.07, 6.45) is 0. The monoisotopic (exact) mass is 166 g/mol. The maximum atomic E-state index is 10.0. The van der Waals surface area contributed by atoms with Gasteiger partial charge in [-0.25, -0.2) is 0 Å². The molecule has 0 heterocycles. The molecule has 4 nitrogen and oxygen atoms in total. The first-order chi connectivity index (χ1) is 4.13. The van der Waals surface area contributed by atoms with Gasteiger partial charge in [0.1, 0.15) is 0 Å². The van der Waals surface area contributed by atoms with Gasteiger partial charge in [-0.15, -0.1) is 0 Å². The predicted molar refractivity (Wildman–Crippen MR) is 39.9 cm³/mol. The Hall–Kier alpha value is -0.360. The third kappa shape index (κ3) is 7.64. The van der Waals surface area contributed by atoms with E-state index in [4.69, 9.17) is 0 Å². The van der Waals surface area contributed by atoms with Crippen LogP contribution < -0.4 is 10.6 Å². The van der Waals surface area contributed by atoms with Crippen LogP contribution in [0.15, 0.2) is 0 Å². The fourth-order valence-electron chi connectivity index (χ4n) is 0.195. The normalized spacial score (nSPS) is 8.22. The van der Waals surface area contributed by atoms with Gasteiger partial charge < -0.3 is 10.6 Å². The van der Waals surface area contributed by atoms with Crippen LogP contribution >= 0.6 is 25.3 Å². The molecule has 0 aromatic rings. The van der Waals surface area contributed by atoms with Gasteiger partial charge in [-0.3, -0.25) is 9.59 Å². The molecule has 0 saturated heterocycles. The van der Waals surface area contributed by atoms with Crippen LogP contribution in [0.1, 0.15) is 0 Å². The number of hydrogen-bond donors (Lipinski definition) is 4. The molecule has 9 heavy (non-hydrogen) atoms. The zero-order valence-corrected chi connectivity index (χ0v) is 6.21. The van der Waals surface area contributed by atoms with Crippen LogP contribution in [0.5, 0.6) is 0 Å². The number of rotatable bonds is 2. The summed E-state index contributed by atoms with van der Waals surface area (Å²) in [6, 6.07) is 0. The highest BCUT2D eigenvalue weighted by Gasteiger charge is 1.91. The second-order valence-corrected chi connectivity index (χ2v) is 1.95. The zero-order chi connectivity index (χ0) is 7.28. The molecule has 6 heteroatoms. The van der Waals surface area contributed by atoms with Crippen molar-refractivity contribution < 1.29 is 9.59 Å². The lowest BCUT2D eigenvalue weighted by Gasteiger charge is -1.98. The fourth-order valence-corrected chi connectivity index (χ4v) is 0.354. The topological polar surface area (TPSA) is 58.2 Å². The van der Waals surface area contributed by atoms with E-state index in [1.807, 2.05) is 0 Å². The van der Waals surface area contributed by atoms with E-state index in [1.54, 1.807) is 0 Å². The number of thiol groups is 2. The van der Waals surface area contributed by atoms with Crippen molar-refractivity contribution in [3.63, 3.8) is 0 Å². The van der Waals surface area contributed by atoms with Crippen molar-refractivity contribution in [2.24, 2.45) is 0 Å². The number of carbonyl (C=O) groups is 2. The van der Waals surface area contributed by atoms with E-state index in [9.17, 15) is 9.59 Å².